The molecular formula is C24H31N3O2. The first-order valence-corrected chi connectivity index (χ1v) is 10.4. The van der Waals surface area contributed by atoms with E-state index in [4.69, 9.17) is 4.74 Å². The van der Waals surface area contributed by atoms with Crippen LogP contribution in [0.25, 0.3) is 0 Å². The zero-order chi connectivity index (χ0) is 20.5. The minimum atomic E-state index is -0.133. The van der Waals surface area contributed by atoms with Crippen LogP contribution in [0.5, 0.6) is 5.75 Å². The number of carbonyl (C=O) groups is 1. The van der Waals surface area contributed by atoms with Gasteiger partial charge in [-0.15, -0.1) is 0 Å². The van der Waals surface area contributed by atoms with Crippen LogP contribution in [-0.4, -0.2) is 49.1 Å². The molecule has 0 atom stereocenters. The Morgan fingerprint density at radius 2 is 1.66 bits per heavy atom. The maximum absolute atomic E-state index is 12.8. The van der Waals surface area contributed by atoms with Crippen molar-refractivity contribution in [3.63, 3.8) is 0 Å². The molecular weight excluding hydrogens is 362 g/mol. The molecule has 5 heteroatoms. The van der Waals surface area contributed by atoms with Gasteiger partial charge in [-0.2, -0.15) is 0 Å². The van der Waals surface area contributed by atoms with Crippen LogP contribution in [0.15, 0.2) is 54.6 Å². The molecule has 1 saturated carbocycles. The number of nitrogens with one attached hydrogen (secondary N) is 1. The lowest BCUT2D eigenvalue weighted by atomic mass is 9.68. The number of urea groups is 1. The van der Waals surface area contributed by atoms with Crippen LogP contribution in [0, 0.1) is 0 Å². The van der Waals surface area contributed by atoms with Gasteiger partial charge < -0.3 is 15.0 Å². The summed E-state index contributed by atoms with van der Waals surface area (Å²) in [5, 5.41) is 3.12. The Hall–Kier alpha value is -2.53. The average molecular weight is 394 g/mol. The minimum absolute atomic E-state index is 0.0221. The quantitative estimate of drug-likeness (QED) is 0.835. The second-order valence-corrected chi connectivity index (χ2v) is 8.57. The Balaban J connectivity index is 1.59. The van der Waals surface area contributed by atoms with Crippen molar-refractivity contribution in [2.75, 3.05) is 27.7 Å². The molecule has 1 spiro atoms. The highest BCUT2D eigenvalue weighted by molar-refractivity contribution is 5.78. The van der Waals surface area contributed by atoms with Crippen LogP contribution in [0.2, 0.25) is 0 Å². The van der Waals surface area contributed by atoms with Gasteiger partial charge in [0.25, 0.3) is 0 Å². The number of hydrogen-bond donors (Lipinski definition) is 1. The largest absolute Gasteiger partial charge is 0.496 e. The van der Waals surface area contributed by atoms with Gasteiger partial charge >= 0.3 is 6.03 Å². The number of benzene rings is 2. The van der Waals surface area contributed by atoms with Gasteiger partial charge in [-0.1, -0.05) is 48.5 Å². The summed E-state index contributed by atoms with van der Waals surface area (Å²) in [6.45, 7) is 1.30. The van der Waals surface area contributed by atoms with Gasteiger partial charge in [0.1, 0.15) is 5.75 Å². The first kappa shape index (κ1) is 19.8. The fourth-order valence-electron chi connectivity index (χ4n) is 5.21. The molecule has 2 amide bonds. The summed E-state index contributed by atoms with van der Waals surface area (Å²) in [6.07, 6.45) is 4.02. The Labute approximate surface area is 173 Å². The highest BCUT2D eigenvalue weighted by Crippen LogP contribution is 2.48. The van der Waals surface area contributed by atoms with Crippen LogP contribution < -0.4 is 10.1 Å². The van der Waals surface area contributed by atoms with E-state index < -0.39 is 0 Å². The average Bonchev–Trinajstić information content (AvgIpc) is 3.05. The van der Waals surface area contributed by atoms with Gasteiger partial charge in [0, 0.05) is 17.6 Å². The third-order valence-electron chi connectivity index (χ3n) is 7.08. The van der Waals surface area contributed by atoms with E-state index >= 15 is 0 Å². The minimum Gasteiger partial charge on any atom is -0.496 e. The van der Waals surface area contributed by atoms with Gasteiger partial charge in [0.05, 0.1) is 19.2 Å². The lowest BCUT2D eigenvalue weighted by Gasteiger charge is -2.51. The first-order chi connectivity index (χ1) is 14.0. The summed E-state index contributed by atoms with van der Waals surface area (Å²) in [4.78, 5) is 17.2. The first-order valence-electron chi connectivity index (χ1n) is 10.4. The maximum atomic E-state index is 12.8. The molecule has 1 saturated heterocycles. The molecule has 2 aromatic carbocycles. The van der Waals surface area contributed by atoms with E-state index in [1.807, 2.05) is 18.2 Å². The number of amides is 2. The molecule has 1 aliphatic carbocycles. The van der Waals surface area contributed by atoms with E-state index in [-0.39, 0.29) is 17.1 Å². The zero-order valence-electron chi connectivity index (χ0n) is 17.6. The predicted molar refractivity (Wildman–Crippen MR) is 115 cm³/mol. The van der Waals surface area contributed by atoms with E-state index in [9.17, 15) is 4.79 Å². The number of para-hydroxylation sites is 1. The standard InChI is InChI=1S/C24H31N3O2/c1-26(2)24(20-10-5-4-6-11-20)15-13-23(14-16-24)18-25-22(28)27(23)17-19-9-7-8-12-21(19)29-3/h4-12H,13-18H2,1-3H3,(H,25,28)/t23-,24-. The molecule has 0 bridgehead atoms. The van der Waals surface area contributed by atoms with Crippen LogP contribution in [0.3, 0.4) is 0 Å². The van der Waals surface area contributed by atoms with Gasteiger partial charge in [0.15, 0.2) is 0 Å². The zero-order valence-corrected chi connectivity index (χ0v) is 17.6. The Bertz CT molecular complexity index is 857. The highest BCUT2D eigenvalue weighted by Gasteiger charge is 2.51. The molecule has 0 radical (unpaired) electrons. The molecule has 1 heterocycles. The Morgan fingerprint density at radius 3 is 2.31 bits per heavy atom. The number of rotatable bonds is 5. The second-order valence-electron chi connectivity index (χ2n) is 8.57. The van der Waals surface area contributed by atoms with Gasteiger partial charge in [-0.05, 0) is 51.4 Å². The van der Waals surface area contributed by atoms with Crippen molar-refractivity contribution in [1.29, 1.82) is 0 Å². The molecule has 2 fully saturated rings. The normalized spacial score (nSPS) is 26.8. The lowest BCUT2D eigenvalue weighted by Crippen LogP contribution is -2.55. The topological polar surface area (TPSA) is 44.8 Å². The molecule has 5 nitrogen and oxygen atoms in total. The van der Waals surface area contributed by atoms with Crippen molar-refractivity contribution < 1.29 is 9.53 Å². The smallest absolute Gasteiger partial charge is 0.318 e. The fraction of sp³-hybridized carbons (Fsp3) is 0.458. The van der Waals surface area contributed by atoms with Crippen molar-refractivity contribution in [2.24, 2.45) is 0 Å². The number of carbonyl (C=O) groups excluding carboxylic acids is 1. The molecule has 154 valence electrons. The molecule has 1 aliphatic heterocycles. The second kappa shape index (κ2) is 7.71. The van der Waals surface area contributed by atoms with E-state index in [1.54, 1.807) is 7.11 Å². The third kappa shape index (κ3) is 3.38. The van der Waals surface area contributed by atoms with Crippen LogP contribution in [0.1, 0.15) is 36.8 Å². The van der Waals surface area contributed by atoms with Crippen molar-refractivity contribution in [3.8, 4) is 5.75 Å². The third-order valence-corrected chi connectivity index (χ3v) is 7.08. The maximum Gasteiger partial charge on any atom is 0.318 e. The van der Waals surface area contributed by atoms with Crippen LogP contribution in [-0.2, 0) is 12.1 Å². The van der Waals surface area contributed by atoms with Crippen molar-refractivity contribution in [2.45, 2.75) is 43.3 Å². The number of methoxy groups -OCH3 is 1. The van der Waals surface area contributed by atoms with E-state index in [2.05, 4.69) is 65.6 Å². The lowest BCUT2D eigenvalue weighted by molar-refractivity contribution is 0.0234. The monoisotopic (exact) mass is 393 g/mol. The van der Waals surface area contributed by atoms with E-state index in [0.29, 0.717) is 6.54 Å². The van der Waals surface area contributed by atoms with Crippen molar-refractivity contribution in [3.05, 3.63) is 65.7 Å². The fourth-order valence-corrected chi connectivity index (χ4v) is 5.21. The van der Waals surface area contributed by atoms with Crippen LogP contribution in [0.4, 0.5) is 4.79 Å². The summed E-state index contributed by atoms with van der Waals surface area (Å²) in [5.41, 5.74) is 2.31. The SMILES string of the molecule is COc1ccccc1CN1C(=O)NC[C@]12CC[C@@](c1ccccc1)(N(C)C)CC2. The van der Waals surface area contributed by atoms with Gasteiger partial charge in [-0.3, -0.25) is 4.90 Å². The molecule has 0 unspecified atom stereocenters. The predicted octanol–water partition coefficient (Wildman–Crippen LogP) is 3.99. The molecule has 1 N–H and O–H groups in total. The van der Waals surface area contributed by atoms with E-state index in [1.165, 1.54) is 5.56 Å². The Kier molecular flexibility index (Phi) is 5.26. The highest BCUT2D eigenvalue weighted by atomic mass is 16.5. The molecule has 0 aromatic heterocycles. The summed E-state index contributed by atoms with van der Waals surface area (Å²) in [6, 6.07) is 18.8. The molecule has 29 heavy (non-hydrogen) atoms. The number of ether oxygens (including phenoxy) is 1. The van der Waals surface area contributed by atoms with Crippen molar-refractivity contribution >= 4 is 6.03 Å². The van der Waals surface area contributed by atoms with E-state index in [0.717, 1.165) is 43.5 Å². The molecule has 2 aromatic rings. The number of hydrogen-bond acceptors (Lipinski definition) is 3. The van der Waals surface area contributed by atoms with Gasteiger partial charge in [0.2, 0.25) is 0 Å². The molecule has 4 rings (SSSR count). The van der Waals surface area contributed by atoms with Crippen molar-refractivity contribution in [1.82, 2.24) is 15.1 Å². The summed E-state index contributed by atoms with van der Waals surface area (Å²) < 4.78 is 5.52. The summed E-state index contributed by atoms with van der Waals surface area (Å²) in [5.74, 6) is 0.838. The van der Waals surface area contributed by atoms with Gasteiger partial charge in [-0.25, -0.2) is 4.79 Å². The summed E-state index contributed by atoms with van der Waals surface area (Å²) in [7, 11) is 6.04. The molecule has 2 aliphatic rings. The summed E-state index contributed by atoms with van der Waals surface area (Å²) >= 11 is 0. The van der Waals surface area contributed by atoms with Crippen LogP contribution >= 0.6 is 0 Å². The Morgan fingerprint density at radius 1 is 1.00 bits per heavy atom. The number of nitrogens with zero attached hydrogens (tertiary/aromatic N) is 2.